The molecule has 38 heavy (non-hydrogen) atoms. The van der Waals surface area contributed by atoms with Crippen molar-refractivity contribution < 1.29 is 18.3 Å². The van der Waals surface area contributed by atoms with E-state index in [4.69, 9.17) is 0 Å². The van der Waals surface area contributed by atoms with Gasteiger partial charge in [0, 0.05) is 17.3 Å². The van der Waals surface area contributed by atoms with E-state index in [9.17, 15) is 18.3 Å². The van der Waals surface area contributed by atoms with Gasteiger partial charge in [-0.05, 0) is 74.8 Å². The number of benzene rings is 1. The maximum absolute atomic E-state index is 13.0. The second-order valence-electron chi connectivity index (χ2n) is 10.8. The third-order valence-electron chi connectivity index (χ3n) is 5.41. The maximum atomic E-state index is 13.0. The van der Waals surface area contributed by atoms with E-state index < -0.39 is 17.5 Å². The number of phenols is 1. The molecule has 0 aliphatic rings. The van der Waals surface area contributed by atoms with Crippen LogP contribution in [0.1, 0.15) is 106 Å². The Morgan fingerprint density at radius 1 is 1.08 bits per heavy atom. The first-order valence-corrected chi connectivity index (χ1v) is 13.9. The van der Waals surface area contributed by atoms with E-state index in [1.807, 2.05) is 45.1 Å². The first-order valence-electron chi connectivity index (χ1n) is 13.9. The number of hydrogen-bond acceptors (Lipinski definition) is 3. The summed E-state index contributed by atoms with van der Waals surface area (Å²) >= 11 is 0. The molecule has 0 heterocycles. The number of hydrogen-bond donors (Lipinski definition) is 2. The Morgan fingerprint density at radius 3 is 2.21 bits per heavy atom. The van der Waals surface area contributed by atoms with Crippen LogP contribution in [0.15, 0.2) is 58.8 Å². The second-order valence-corrected chi connectivity index (χ2v) is 10.8. The molecule has 1 aromatic rings. The number of aromatic hydroxyl groups is 1. The van der Waals surface area contributed by atoms with Crippen molar-refractivity contribution in [1.29, 1.82) is 0 Å². The average molecular weight is 537 g/mol. The molecule has 6 heteroatoms. The van der Waals surface area contributed by atoms with Crippen LogP contribution in [0.2, 0.25) is 0 Å². The number of aliphatic imine (C=N–C) groups is 1. The summed E-state index contributed by atoms with van der Waals surface area (Å²) in [6, 6.07) is 3.43. The summed E-state index contributed by atoms with van der Waals surface area (Å²) in [4.78, 5) is 4.65. The van der Waals surface area contributed by atoms with Gasteiger partial charge in [-0.1, -0.05) is 79.5 Å². The molecule has 0 bridgehead atoms. The van der Waals surface area contributed by atoms with Gasteiger partial charge in [-0.3, -0.25) is 4.99 Å². The molecular formula is C32H51F3N2O. The second kappa shape index (κ2) is 18.7. The van der Waals surface area contributed by atoms with Crippen molar-refractivity contribution in [2.45, 2.75) is 107 Å². The fourth-order valence-corrected chi connectivity index (χ4v) is 3.68. The highest BCUT2D eigenvalue weighted by Crippen LogP contribution is 2.33. The van der Waals surface area contributed by atoms with Crippen molar-refractivity contribution in [3.63, 3.8) is 0 Å². The SMILES string of the molecule is CC(C)C.CC/C=C\C=C(/C)C(=NC/C=C(\C)NC(CCCC)CC(C)C)c1ccc(C(F)(F)F)cc1O. The number of alkyl halides is 3. The van der Waals surface area contributed by atoms with Crippen molar-refractivity contribution in [1.82, 2.24) is 5.32 Å². The molecule has 1 unspecified atom stereocenters. The van der Waals surface area contributed by atoms with Crippen LogP contribution >= 0.6 is 0 Å². The van der Waals surface area contributed by atoms with Gasteiger partial charge in [0.2, 0.25) is 0 Å². The Morgan fingerprint density at radius 2 is 1.71 bits per heavy atom. The molecule has 0 aliphatic heterocycles. The lowest BCUT2D eigenvalue weighted by Crippen LogP contribution is -2.29. The molecule has 0 fully saturated rings. The van der Waals surface area contributed by atoms with Crippen molar-refractivity contribution in [2.75, 3.05) is 6.54 Å². The van der Waals surface area contributed by atoms with Crippen LogP contribution in [0, 0.1) is 11.8 Å². The van der Waals surface area contributed by atoms with E-state index in [1.165, 1.54) is 12.5 Å². The van der Waals surface area contributed by atoms with Crippen LogP contribution in [0.25, 0.3) is 0 Å². The minimum Gasteiger partial charge on any atom is -0.507 e. The average Bonchev–Trinajstić information content (AvgIpc) is 2.79. The predicted octanol–water partition coefficient (Wildman–Crippen LogP) is 9.87. The smallest absolute Gasteiger partial charge is 0.416 e. The monoisotopic (exact) mass is 536 g/mol. The first kappa shape index (κ1) is 35.5. The summed E-state index contributed by atoms with van der Waals surface area (Å²) in [7, 11) is 0. The molecule has 0 saturated carbocycles. The van der Waals surface area contributed by atoms with Crippen LogP contribution in [0.3, 0.4) is 0 Å². The van der Waals surface area contributed by atoms with Crippen LogP contribution < -0.4 is 5.32 Å². The molecule has 1 aromatic carbocycles. The van der Waals surface area contributed by atoms with Gasteiger partial charge in [0.1, 0.15) is 5.75 Å². The zero-order chi connectivity index (χ0) is 29.3. The molecular weight excluding hydrogens is 485 g/mol. The van der Waals surface area contributed by atoms with Gasteiger partial charge in [0.25, 0.3) is 0 Å². The molecule has 0 amide bonds. The molecule has 0 radical (unpaired) electrons. The molecule has 0 spiro atoms. The minimum atomic E-state index is -4.52. The minimum absolute atomic E-state index is 0.284. The molecule has 216 valence electrons. The maximum Gasteiger partial charge on any atom is 0.416 e. The Labute approximate surface area is 230 Å². The van der Waals surface area contributed by atoms with Crippen molar-refractivity contribution >= 4 is 5.71 Å². The molecule has 1 atom stereocenters. The van der Waals surface area contributed by atoms with Gasteiger partial charge in [0.15, 0.2) is 0 Å². The van der Waals surface area contributed by atoms with Crippen LogP contribution in [0.5, 0.6) is 5.75 Å². The Balaban J connectivity index is 0.00000318. The van der Waals surface area contributed by atoms with Crippen molar-refractivity contribution in [3.05, 3.63) is 64.9 Å². The van der Waals surface area contributed by atoms with Gasteiger partial charge in [-0.15, -0.1) is 0 Å². The number of unbranched alkanes of at least 4 members (excludes halogenated alkanes) is 1. The number of nitrogens with one attached hydrogen (secondary N) is 1. The molecule has 0 saturated heterocycles. The number of phenolic OH excluding ortho intramolecular Hbond substituents is 1. The summed E-state index contributed by atoms with van der Waals surface area (Å²) in [5.74, 6) is 0.995. The molecule has 0 aromatic heterocycles. The zero-order valence-corrected chi connectivity index (χ0v) is 25.0. The van der Waals surface area contributed by atoms with E-state index >= 15 is 0 Å². The number of halogens is 3. The van der Waals surface area contributed by atoms with Crippen LogP contribution in [-0.2, 0) is 6.18 Å². The van der Waals surface area contributed by atoms with Gasteiger partial charge in [-0.25, -0.2) is 0 Å². The largest absolute Gasteiger partial charge is 0.507 e. The third-order valence-corrected chi connectivity index (χ3v) is 5.41. The topological polar surface area (TPSA) is 44.6 Å². The fourth-order valence-electron chi connectivity index (χ4n) is 3.68. The Bertz CT molecular complexity index is 922. The molecule has 3 nitrogen and oxygen atoms in total. The van der Waals surface area contributed by atoms with Gasteiger partial charge < -0.3 is 10.4 Å². The van der Waals surface area contributed by atoms with Gasteiger partial charge in [0.05, 0.1) is 17.8 Å². The van der Waals surface area contributed by atoms with Crippen LogP contribution in [-0.4, -0.2) is 23.4 Å². The highest BCUT2D eigenvalue weighted by Gasteiger charge is 2.31. The third kappa shape index (κ3) is 15.7. The fraction of sp³-hybridized carbons (Fsp3) is 0.594. The van der Waals surface area contributed by atoms with Gasteiger partial charge in [-0.2, -0.15) is 13.2 Å². The quantitative estimate of drug-likeness (QED) is 0.195. The summed E-state index contributed by atoms with van der Waals surface area (Å²) in [5, 5.41) is 14.0. The highest BCUT2D eigenvalue weighted by molar-refractivity contribution is 6.14. The van der Waals surface area contributed by atoms with Crippen molar-refractivity contribution in [2.24, 2.45) is 16.8 Å². The number of nitrogens with zero attached hydrogens (tertiary/aromatic N) is 1. The highest BCUT2D eigenvalue weighted by atomic mass is 19.4. The summed E-state index contributed by atoms with van der Waals surface area (Å²) < 4.78 is 39.1. The number of rotatable bonds is 13. The van der Waals surface area contributed by atoms with Crippen molar-refractivity contribution in [3.8, 4) is 5.75 Å². The molecule has 1 rings (SSSR count). The predicted molar refractivity (Wildman–Crippen MR) is 158 cm³/mol. The first-order chi connectivity index (χ1) is 17.7. The summed E-state index contributed by atoms with van der Waals surface area (Å²) in [6.07, 6.45) is 8.58. The van der Waals surface area contributed by atoms with E-state index in [0.29, 0.717) is 24.2 Å². The number of allylic oxidation sites excluding steroid dienone is 5. The van der Waals surface area contributed by atoms with E-state index in [-0.39, 0.29) is 5.56 Å². The summed E-state index contributed by atoms with van der Waals surface area (Å²) in [5.41, 5.74) is 1.66. The Hall–Kier alpha value is -2.50. The van der Waals surface area contributed by atoms with E-state index in [1.54, 1.807) is 0 Å². The Kier molecular flexibility index (Phi) is 17.5. The normalized spacial score (nSPS) is 14.2. The lowest BCUT2D eigenvalue weighted by atomic mass is 9.99. The van der Waals surface area contributed by atoms with Gasteiger partial charge >= 0.3 is 6.18 Å². The standard InChI is InChI=1S/C28H41F3N2O.C4H10/c1-7-9-11-12-21(5)27(25-15-14-23(19-26(25)34)28(29,30)31)32-17-16-22(6)33-24(13-10-8-2)18-20(3)4;1-4(2)3/h9,11-12,14-16,19-20,24,33-34H,7-8,10,13,17-18H2,1-6H3;4H,1-3H3/b11-9-,21-12+,22-16+,32-27?;. The van der Waals surface area contributed by atoms with Crippen LogP contribution in [0.4, 0.5) is 13.2 Å². The lowest BCUT2D eigenvalue weighted by molar-refractivity contribution is -0.137. The van der Waals surface area contributed by atoms with E-state index in [2.05, 4.69) is 51.9 Å². The lowest BCUT2D eigenvalue weighted by Gasteiger charge is -2.22. The molecule has 2 N–H and O–H groups in total. The van der Waals surface area contributed by atoms with E-state index in [0.717, 1.165) is 55.0 Å². The zero-order valence-electron chi connectivity index (χ0n) is 25.0. The molecule has 0 aliphatic carbocycles. The summed E-state index contributed by atoms with van der Waals surface area (Å²) in [6.45, 7) is 19.3.